The van der Waals surface area contributed by atoms with Crippen LogP contribution in [0.1, 0.15) is 30.6 Å². The molecule has 8 nitrogen and oxygen atoms in total. The van der Waals surface area contributed by atoms with Crippen molar-refractivity contribution in [3.63, 3.8) is 0 Å². The van der Waals surface area contributed by atoms with E-state index in [0.717, 1.165) is 0 Å². The second-order valence-electron chi connectivity index (χ2n) is 6.06. The fourth-order valence-electron chi connectivity index (χ4n) is 2.31. The minimum absolute atomic E-state index is 0.0201. The Balaban J connectivity index is 1.72. The van der Waals surface area contributed by atoms with Crippen LogP contribution in [0.25, 0.3) is 0 Å². The Kier molecular flexibility index (Phi) is 7.90. The summed E-state index contributed by atoms with van der Waals surface area (Å²) in [5, 5.41) is 5.19. The maximum absolute atomic E-state index is 11.9. The molecule has 0 saturated heterocycles. The zero-order chi connectivity index (χ0) is 21.2. The number of rotatable bonds is 9. The highest BCUT2D eigenvalue weighted by Gasteiger charge is 2.10. The van der Waals surface area contributed by atoms with Gasteiger partial charge in [-0.15, -0.1) is 0 Å². The van der Waals surface area contributed by atoms with E-state index < -0.39 is 18.5 Å². The SMILES string of the molecule is CCC(=O)c1ccc(OCC(=O)OCC(=O)Nc2ccc(NC(C)=O)cc2)cc1. The zero-order valence-corrected chi connectivity index (χ0v) is 16.2. The third-order valence-electron chi connectivity index (χ3n) is 3.71. The smallest absolute Gasteiger partial charge is 0.344 e. The summed E-state index contributed by atoms with van der Waals surface area (Å²) in [6.45, 7) is 2.36. The third-order valence-corrected chi connectivity index (χ3v) is 3.71. The number of amides is 2. The van der Waals surface area contributed by atoms with E-state index in [1.54, 1.807) is 55.5 Å². The summed E-state index contributed by atoms with van der Waals surface area (Å²) >= 11 is 0. The van der Waals surface area contributed by atoms with Crippen LogP contribution in [-0.2, 0) is 19.1 Å². The molecule has 0 atom stereocenters. The van der Waals surface area contributed by atoms with E-state index in [9.17, 15) is 19.2 Å². The van der Waals surface area contributed by atoms with E-state index >= 15 is 0 Å². The maximum Gasteiger partial charge on any atom is 0.344 e. The summed E-state index contributed by atoms with van der Waals surface area (Å²) in [4.78, 5) is 46.1. The molecular weight excluding hydrogens is 376 g/mol. The summed E-state index contributed by atoms with van der Waals surface area (Å²) in [5.41, 5.74) is 1.67. The van der Waals surface area contributed by atoms with Gasteiger partial charge in [-0.2, -0.15) is 0 Å². The predicted octanol–water partition coefficient (Wildman–Crippen LogP) is 2.80. The van der Waals surface area contributed by atoms with Crippen molar-refractivity contribution >= 4 is 34.9 Å². The van der Waals surface area contributed by atoms with Crippen LogP contribution in [0, 0.1) is 0 Å². The van der Waals surface area contributed by atoms with Gasteiger partial charge in [0.1, 0.15) is 5.75 Å². The molecule has 2 N–H and O–H groups in total. The lowest BCUT2D eigenvalue weighted by Crippen LogP contribution is -2.23. The Hall–Kier alpha value is -3.68. The topological polar surface area (TPSA) is 111 Å². The van der Waals surface area contributed by atoms with E-state index in [0.29, 0.717) is 29.1 Å². The second-order valence-corrected chi connectivity index (χ2v) is 6.06. The number of hydrogen-bond acceptors (Lipinski definition) is 6. The van der Waals surface area contributed by atoms with Crippen LogP contribution in [0.3, 0.4) is 0 Å². The van der Waals surface area contributed by atoms with Crippen LogP contribution >= 0.6 is 0 Å². The summed E-state index contributed by atoms with van der Waals surface area (Å²) in [7, 11) is 0. The van der Waals surface area contributed by atoms with Crippen molar-refractivity contribution in [3.05, 3.63) is 54.1 Å². The van der Waals surface area contributed by atoms with Crippen LogP contribution in [0.2, 0.25) is 0 Å². The lowest BCUT2D eigenvalue weighted by molar-refractivity contribution is -0.149. The molecule has 0 fully saturated rings. The molecular formula is C21H22N2O6. The molecule has 0 aliphatic rings. The molecule has 0 radical (unpaired) electrons. The van der Waals surface area contributed by atoms with E-state index in [1.165, 1.54) is 6.92 Å². The number of carbonyl (C=O) groups is 4. The Bertz CT molecular complexity index is 875. The molecule has 8 heteroatoms. The average molecular weight is 398 g/mol. The first-order valence-corrected chi connectivity index (χ1v) is 8.96. The largest absolute Gasteiger partial charge is 0.482 e. The lowest BCUT2D eigenvalue weighted by Gasteiger charge is -2.09. The first-order chi connectivity index (χ1) is 13.9. The normalized spacial score (nSPS) is 10.0. The summed E-state index contributed by atoms with van der Waals surface area (Å²) < 4.78 is 10.1. The molecule has 2 aromatic rings. The molecule has 0 aliphatic carbocycles. The fourth-order valence-corrected chi connectivity index (χ4v) is 2.31. The summed E-state index contributed by atoms with van der Waals surface area (Å²) in [6, 6.07) is 12.9. The monoisotopic (exact) mass is 398 g/mol. The molecule has 29 heavy (non-hydrogen) atoms. The van der Waals surface area contributed by atoms with Crippen molar-refractivity contribution in [1.29, 1.82) is 0 Å². The van der Waals surface area contributed by atoms with Crippen molar-refractivity contribution in [2.24, 2.45) is 0 Å². The van der Waals surface area contributed by atoms with Crippen LogP contribution in [0.15, 0.2) is 48.5 Å². The van der Waals surface area contributed by atoms with Crippen LogP contribution < -0.4 is 15.4 Å². The van der Waals surface area contributed by atoms with Gasteiger partial charge in [0, 0.05) is 30.3 Å². The summed E-state index contributed by atoms with van der Waals surface area (Å²) in [5.74, 6) is -0.964. The number of hydrogen-bond donors (Lipinski definition) is 2. The first kappa shape index (κ1) is 21.6. The standard InChI is InChI=1S/C21H22N2O6/c1-3-19(25)15-4-10-18(11-5-15)28-13-21(27)29-12-20(26)23-17-8-6-16(7-9-17)22-14(2)24/h4-11H,3,12-13H2,1-2H3,(H,22,24)(H,23,26). The van der Waals surface area contributed by atoms with E-state index in [2.05, 4.69) is 10.6 Å². The number of ether oxygens (including phenoxy) is 2. The van der Waals surface area contributed by atoms with Gasteiger partial charge in [0.2, 0.25) is 5.91 Å². The van der Waals surface area contributed by atoms with Gasteiger partial charge >= 0.3 is 5.97 Å². The minimum atomic E-state index is -0.699. The number of ketones is 1. The summed E-state index contributed by atoms with van der Waals surface area (Å²) in [6.07, 6.45) is 0.411. The van der Waals surface area contributed by atoms with Crippen LogP contribution in [-0.4, -0.2) is 36.8 Å². The molecule has 0 bridgehead atoms. The number of Topliss-reactive ketones (excluding diaryl/α,β-unsaturated/α-hetero) is 1. The second kappa shape index (κ2) is 10.6. The third kappa shape index (κ3) is 7.45. The van der Waals surface area contributed by atoms with Crippen LogP contribution in [0.4, 0.5) is 11.4 Å². The molecule has 2 aromatic carbocycles. The van der Waals surface area contributed by atoms with Crippen molar-refractivity contribution in [3.8, 4) is 5.75 Å². The van der Waals surface area contributed by atoms with Gasteiger partial charge in [-0.3, -0.25) is 14.4 Å². The van der Waals surface area contributed by atoms with Gasteiger partial charge in [-0.1, -0.05) is 6.92 Å². The molecule has 0 unspecified atom stereocenters. The van der Waals surface area contributed by atoms with Gasteiger partial charge in [0.05, 0.1) is 0 Å². The molecule has 152 valence electrons. The van der Waals surface area contributed by atoms with Crippen LogP contribution in [0.5, 0.6) is 5.75 Å². The van der Waals surface area contributed by atoms with E-state index in [-0.39, 0.29) is 18.3 Å². The Morgan fingerprint density at radius 1 is 0.828 bits per heavy atom. The van der Waals surface area contributed by atoms with E-state index in [1.807, 2.05) is 0 Å². The van der Waals surface area contributed by atoms with Crippen molar-refractivity contribution in [1.82, 2.24) is 0 Å². The molecule has 2 rings (SSSR count). The number of nitrogens with one attached hydrogen (secondary N) is 2. The van der Waals surface area contributed by atoms with Gasteiger partial charge < -0.3 is 20.1 Å². The quantitative estimate of drug-likeness (QED) is 0.496. The number of benzene rings is 2. The molecule has 0 aliphatic heterocycles. The number of carbonyl (C=O) groups excluding carboxylic acids is 4. The average Bonchev–Trinajstić information content (AvgIpc) is 2.71. The van der Waals surface area contributed by atoms with Crippen molar-refractivity contribution in [2.45, 2.75) is 20.3 Å². The molecule has 2 amide bonds. The molecule has 0 heterocycles. The van der Waals surface area contributed by atoms with E-state index in [4.69, 9.17) is 9.47 Å². The Morgan fingerprint density at radius 3 is 1.97 bits per heavy atom. The Morgan fingerprint density at radius 2 is 1.41 bits per heavy atom. The van der Waals surface area contributed by atoms with Gasteiger partial charge in [-0.05, 0) is 48.5 Å². The maximum atomic E-state index is 11.9. The number of esters is 1. The van der Waals surface area contributed by atoms with Gasteiger partial charge in [0.15, 0.2) is 19.0 Å². The highest BCUT2D eigenvalue weighted by atomic mass is 16.6. The van der Waals surface area contributed by atoms with Gasteiger partial charge in [0.25, 0.3) is 5.91 Å². The van der Waals surface area contributed by atoms with Crippen molar-refractivity contribution < 1.29 is 28.7 Å². The molecule has 0 aromatic heterocycles. The highest BCUT2D eigenvalue weighted by molar-refractivity contribution is 5.96. The predicted molar refractivity (Wildman–Crippen MR) is 107 cm³/mol. The fraction of sp³-hybridized carbons (Fsp3) is 0.238. The number of anilines is 2. The molecule has 0 saturated carbocycles. The highest BCUT2D eigenvalue weighted by Crippen LogP contribution is 2.14. The lowest BCUT2D eigenvalue weighted by atomic mass is 10.1. The zero-order valence-electron chi connectivity index (χ0n) is 16.2. The molecule has 0 spiro atoms. The first-order valence-electron chi connectivity index (χ1n) is 8.96. The van der Waals surface area contributed by atoms with Crippen molar-refractivity contribution in [2.75, 3.05) is 23.8 Å². The van der Waals surface area contributed by atoms with Gasteiger partial charge in [-0.25, -0.2) is 4.79 Å². The minimum Gasteiger partial charge on any atom is -0.482 e. The Labute approximate surface area is 168 Å².